The van der Waals surface area contributed by atoms with E-state index in [1.54, 1.807) is 0 Å². The molecule has 1 unspecified atom stereocenters. The van der Waals surface area contributed by atoms with E-state index in [9.17, 15) is 28.8 Å². The van der Waals surface area contributed by atoms with E-state index in [2.05, 4.69) is 10.6 Å². The molecule has 1 atom stereocenters. The number of rotatable bonds is 10. The number of nitrogens with zero attached hydrogens (tertiary/aromatic N) is 1. The molecule has 5 amide bonds. The molecular weight excluding hydrogens is 446 g/mol. The van der Waals surface area contributed by atoms with Crippen LogP contribution in [0.15, 0.2) is 18.2 Å². The number of amides is 5. The predicted molar refractivity (Wildman–Crippen MR) is 117 cm³/mol. The molecule has 2 aliphatic heterocycles. The number of hydrogen-bond donors (Lipinski definition) is 2. The Labute approximate surface area is 196 Å². The van der Waals surface area contributed by atoms with Gasteiger partial charge in [-0.05, 0) is 30.9 Å². The Hall–Kier alpha value is -3.76. The molecular formula is C23H27N3O8. The maximum absolute atomic E-state index is 13.0. The topological polar surface area (TPSA) is 148 Å². The van der Waals surface area contributed by atoms with Crippen LogP contribution in [-0.4, -0.2) is 66.2 Å². The van der Waals surface area contributed by atoms with Crippen molar-refractivity contribution >= 4 is 35.5 Å². The highest BCUT2D eigenvalue weighted by atomic mass is 16.5. The summed E-state index contributed by atoms with van der Waals surface area (Å²) in [6.07, 6.45) is 0.632. The summed E-state index contributed by atoms with van der Waals surface area (Å²) in [5, 5.41) is 4.75. The fourth-order valence-electron chi connectivity index (χ4n) is 3.59. The molecule has 2 aliphatic rings. The van der Waals surface area contributed by atoms with Crippen molar-refractivity contribution < 1.29 is 38.2 Å². The number of esters is 1. The standard InChI is InChI=1S/C23H27N3O8/c1-13(2)11-34-19(29)7-4-10-24-18(28)12-33-16-6-3-5-14-20(16)23(32)26(22(14)31)15-8-9-17(27)25-21(15)30/h3,5-6,13,15H,4,7-12H2,1-2H3,(H,24,28)(H,25,27,30). The van der Waals surface area contributed by atoms with Crippen LogP contribution in [0.2, 0.25) is 0 Å². The second-order valence-electron chi connectivity index (χ2n) is 8.44. The molecule has 34 heavy (non-hydrogen) atoms. The summed E-state index contributed by atoms with van der Waals surface area (Å²) in [5.41, 5.74) is 0.0328. The zero-order chi connectivity index (χ0) is 24.8. The van der Waals surface area contributed by atoms with E-state index in [4.69, 9.17) is 9.47 Å². The quantitative estimate of drug-likeness (QED) is 0.285. The van der Waals surface area contributed by atoms with Crippen molar-refractivity contribution in [2.45, 2.75) is 45.6 Å². The summed E-state index contributed by atoms with van der Waals surface area (Å²) in [6.45, 7) is 4.06. The van der Waals surface area contributed by atoms with E-state index < -0.39 is 42.2 Å². The third kappa shape index (κ3) is 5.77. The number of hydrogen-bond acceptors (Lipinski definition) is 8. The minimum absolute atomic E-state index is 0.0167. The van der Waals surface area contributed by atoms with Crippen molar-refractivity contribution in [3.63, 3.8) is 0 Å². The average molecular weight is 473 g/mol. The van der Waals surface area contributed by atoms with Gasteiger partial charge in [0, 0.05) is 19.4 Å². The number of benzene rings is 1. The zero-order valence-corrected chi connectivity index (χ0v) is 19.0. The van der Waals surface area contributed by atoms with Gasteiger partial charge in [0.2, 0.25) is 11.8 Å². The first-order valence-corrected chi connectivity index (χ1v) is 11.1. The first kappa shape index (κ1) is 24.9. The van der Waals surface area contributed by atoms with Gasteiger partial charge in [0.15, 0.2) is 6.61 Å². The van der Waals surface area contributed by atoms with Crippen molar-refractivity contribution in [1.82, 2.24) is 15.5 Å². The maximum atomic E-state index is 13.0. The van der Waals surface area contributed by atoms with Crippen LogP contribution in [0.3, 0.4) is 0 Å². The van der Waals surface area contributed by atoms with Gasteiger partial charge in [0.25, 0.3) is 17.7 Å². The fraction of sp³-hybridized carbons (Fsp3) is 0.478. The van der Waals surface area contributed by atoms with Crippen molar-refractivity contribution in [2.24, 2.45) is 5.92 Å². The van der Waals surface area contributed by atoms with E-state index in [0.717, 1.165) is 4.90 Å². The summed E-state index contributed by atoms with van der Waals surface area (Å²) < 4.78 is 10.6. The van der Waals surface area contributed by atoms with E-state index in [1.807, 2.05) is 13.8 Å². The molecule has 2 heterocycles. The number of carbonyl (C=O) groups is 6. The van der Waals surface area contributed by atoms with Crippen LogP contribution in [0.25, 0.3) is 0 Å². The Kier molecular flexibility index (Phi) is 7.98. The van der Waals surface area contributed by atoms with Crippen LogP contribution in [0.4, 0.5) is 0 Å². The first-order chi connectivity index (χ1) is 16.2. The SMILES string of the molecule is CC(C)COC(=O)CCCNC(=O)COc1cccc2c1C(=O)N(C1CCC(=O)NC1=O)C2=O. The molecule has 2 N–H and O–H groups in total. The lowest BCUT2D eigenvalue weighted by Crippen LogP contribution is -2.54. The molecule has 0 aliphatic carbocycles. The summed E-state index contributed by atoms with van der Waals surface area (Å²) in [5.74, 6) is -3.05. The van der Waals surface area contributed by atoms with Gasteiger partial charge in [-0.3, -0.25) is 39.0 Å². The van der Waals surface area contributed by atoms with Gasteiger partial charge >= 0.3 is 5.97 Å². The highest BCUT2D eigenvalue weighted by Crippen LogP contribution is 2.33. The summed E-state index contributed by atoms with van der Waals surface area (Å²) in [6, 6.07) is 3.31. The highest BCUT2D eigenvalue weighted by molar-refractivity contribution is 6.24. The molecule has 0 saturated carbocycles. The molecule has 0 spiro atoms. The van der Waals surface area contributed by atoms with Crippen LogP contribution in [0, 0.1) is 5.92 Å². The molecule has 1 aromatic carbocycles. The van der Waals surface area contributed by atoms with Gasteiger partial charge in [-0.2, -0.15) is 0 Å². The lowest BCUT2D eigenvalue weighted by Gasteiger charge is -2.27. The van der Waals surface area contributed by atoms with Gasteiger partial charge in [0.1, 0.15) is 11.8 Å². The van der Waals surface area contributed by atoms with Gasteiger partial charge in [-0.25, -0.2) is 0 Å². The monoisotopic (exact) mass is 473 g/mol. The number of imide groups is 2. The van der Waals surface area contributed by atoms with Crippen LogP contribution < -0.4 is 15.4 Å². The Balaban J connectivity index is 1.54. The summed E-state index contributed by atoms with van der Waals surface area (Å²) >= 11 is 0. The Morgan fingerprint density at radius 1 is 1.18 bits per heavy atom. The van der Waals surface area contributed by atoms with Gasteiger partial charge in [-0.15, -0.1) is 0 Å². The molecule has 1 saturated heterocycles. The third-order valence-corrected chi connectivity index (χ3v) is 5.25. The molecule has 3 rings (SSSR count). The van der Waals surface area contributed by atoms with Gasteiger partial charge < -0.3 is 14.8 Å². The minimum Gasteiger partial charge on any atom is -0.483 e. The molecule has 182 valence electrons. The predicted octanol–water partition coefficient (Wildman–Crippen LogP) is 0.562. The largest absolute Gasteiger partial charge is 0.483 e. The van der Waals surface area contributed by atoms with Crippen LogP contribution in [-0.2, 0) is 23.9 Å². The van der Waals surface area contributed by atoms with E-state index in [1.165, 1.54) is 18.2 Å². The van der Waals surface area contributed by atoms with Crippen molar-refractivity contribution in [3.05, 3.63) is 29.3 Å². The van der Waals surface area contributed by atoms with Crippen LogP contribution >= 0.6 is 0 Å². The Morgan fingerprint density at radius 3 is 2.65 bits per heavy atom. The molecule has 0 radical (unpaired) electrons. The van der Waals surface area contributed by atoms with Crippen molar-refractivity contribution in [1.29, 1.82) is 0 Å². The smallest absolute Gasteiger partial charge is 0.305 e. The zero-order valence-electron chi connectivity index (χ0n) is 19.0. The minimum atomic E-state index is -1.09. The van der Waals surface area contributed by atoms with Gasteiger partial charge in [0.05, 0.1) is 17.7 Å². The number of piperidine rings is 1. The fourth-order valence-corrected chi connectivity index (χ4v) is 3.59. The average Bonchev–Trinajstić information content (AvgIpc) is 3.04. The van der Waals surface area contributed by atoms with Crippen molar-refractivity contribution in [3.8, 4) is 5.75 Å². The second-order valence-corrected chi connectivity index (χ2v) is 8.44. The normalized spacial score (nSPS) is 17.5. The highest BCUT2D eigenvalue weighted by Gasteiger charge is 2.46. The van der Waals surface area contributed by atoms with E-state index >= 15 is 0 Å². The summed E-state index contributed by atoms with van der Waals surface area (Å²) in [4.78, 5) is 73.9. The molecule has 1 aromatic rings. The second kappa shape index (κ2) is 10.9. The van der Waals surface area contributed by atoms with E-state index in [0.29, 0.717) is 13.0 Å². The van der Waals surface area contributed by atoms with Crippen molar-refractivity contribution in [2.75, 3.05) is 19.8 Å². The lowest BCUT2D eigenvalue weighted by atomic mass is 10.0. The molecule has 0 bridgehead atoms. The number of fused-ring (bicyclic) bond motifs is 1. The number of ether oxygens (including phenoxy) is 2. The number of nitrogens with one attached hydrogen (secondary N) is 2. The Morgan fingerprint density at radius 2 is 1.94 bits per heavy atom. The Bertz CT molecular complexity index is 1020. The number of carbonyl (C=O) groups excluding carboxylic acids is 6. The third-order valence-electron chi connectivity index (χ3n) is 5.25. The van der Waals surface area contributed by atoms with Gasteiger partial charge in [-0.1, -0.05) is 19.9 Å². The summed E-state index contributed by atoms with van der Waals surface area (Å²) in [7, 11) is 0. The van der Waals surface area contributed by atoms with E-state index in [-0.39, 0.29) is 54.6 Å². The molecule has 11 nitrogen and oxygen atoms in total. The first-order valence-electron chi connectivity index (χ1n) is 11.1. The van der Waals surface area contributed by atoms with Crippen LogP contribution in [0.5, 0.6) is 5.75 Å². The lowest BCUT2D eigenvalue weighted by molar-refractivity contribution is -0.145. The van der Waals surface area contributed by atoms with Crippen LogP contribution in [0.1, 0.15) is 60.2 Å². The maximum Gasteiger partial charge on any atom is 0.305 e. The molecule has 0 aromatic heterocycles. The molecule has 1 fully saturated rings. The molecule has 11 heteroatoms.